The lowest BCUT2D eigenvalue weighted by molar-refractivity contribution is 0.0943. The van der Waals surface area contributed by atoms with Gasteiger partial charge in [-0.3, -0.25) is 4.79 Å². The second kappa shape index (κ2) is 6.83. The zero-order valence-corrected chi connectivity index (χ0v) is 12.3. The molecule has 1 amide bonds. The first kappa shape index (κ1) is 14.3. The minimum atomic E-state index is -0.201. The summed E-state index contributed by atoms with van der Waals surface area (Å²) < 4.78 is 0.938. The Morgan fingerprint density at radius 3 is 2.65 bits per heavy atom. The number of amides is 1. The van der Waals surface area contributed by atoms with Crippen molar-refractivity contribution in [3.63, 3.8) is 0 Å². The molecule has 0 unspecified atom stereocenters. The third-order valence-corrected chi connectivity index (χ3v) is 3.58. The van der Waals surface area contributed by atoms with Crippen molar-refractivity contribution in [2.75, 3.05) is 6.54 Å². The van der Waals surface area contributed by atoms with Gasteiger partial charge in [0.25, 0.3) is 5.91 Å². The van der Waals surface area contributed by atoms with Gasteiger partial charge in [0.1, 0.15) is 5.75 Å². The first-order chi connectivity index (χ1) is 8.08. The van der Waals surface area contributed by atoms with E-state index in [9.17, 15) is 9.90 Å². The van der Waals surface area contributed by atoms with Gasteiger partial charge >= 0.3 is 0 Å². The Hall–Kier alpha value is -0.780. The number of carbonyl (C=O) groups is 1. The van der Waals surface area contributed by atoms with Crippen LogP contribution in [0.3, 0.4) is 0 Å². The largest absolute Gasteiger partial charge is 0.507 e. The van der Waals surface area contributed by atoms with E-state index in [0.717, 1.165) is 16.4 Å². The van der Waals surface area contributed by atoms with Gasteiger partial charge in [-0.15, -0.1) is 0 Å². The summed E-state index contributed by atoms with van der Waals surface area (Å²) in [5, 5.41) is 12.5. The van der Waals surface area contributed by atoms with Crippen LogP contribution in [0.4, 0.5) is 0 Å². The zero-order chi connectivity index (χ0) is 12.8. The Bertz CT molecular complexity index is 389. The first-order valence-electron chi connectivity index (χ1n) is 5.85. The molecule has 1 rings (SSSR count). The molecule has 2 N–H and O–H groups in total. The molecule has 0 bridgehead atoms. The molecule has 0 heterocycles. The number of aromatic hydroxyl groups is 1. The molecule has 0 spiro atoms. The van der Waals surface area contributed by atoms with Crippen LogP contribution >= 0.6 is 22.6 Å². The predicted molar refractivity (Wildman–Crippen MR) is 77.2 cm³/mol. The minimum absolute atomic E-state index is 0.0347. The number of rotatable bonds is 5. The average molecular weight is 347 g/mol. The number of phenols is 1. The molecule has 4 heteroatoms. The molecule has 0 aliphatic rings. The van der Waals surface area contributed by atoms with Crippen molar-refractivity contribution >= 4 is 28.5 Å². The molecule has 0 aromatic heterocycles. The van der Waals surface area contributed by atoms with Crippen LogP contribution in [0.2, 0.25) is 0 Å². The van der Waals surface area contributed by atoms with Crippen LogP contribution in [0.15, 0.2) is 18.2 Å². The highest BCUT2D eigenvalue weighted by atomic mass is 127. The van der Waals surface area contributed by atoms with E-state index >= 15 is 0 Å². The van der Waals surface area contributed by atoms with Crippen LogP contribution in [-0.4, -0.2) is 17.6 Å². The van der Waals surface area contributed by atoms with Crippen molar-refractivity contribution in [3.8, 4) is 5.75 Å². The Morgan fingerprint density at radius 1 is 1.41 bits per heavy atom. The number of carbonyl (C=O) groups excluding carboxylic acids is 1. The van der Waals surface area contributed by atoms with E-state index in [1.165, 1.54) is 0 Å². The fourth-order valence-electron chi connectivity index (χ4n) is 1.60. The zero-order valence-electron chi connectivity index (χ0n) is 10.2. The van der Waals surface area contributed by atoms with E-state index in [4.69, 9.17) is 0 Å². The Kier molecular flexibility index (Phi) is 5.74. The highest BCUT2D eigenvalue weighted by Crippen LogP contribution is 2.19. The van der Waals surface area contributed by atoms with Crippen LogP contribution < -0.4 is 5.32 Å². The lowest BCUT2D eigenvalue weighted by atomic mass is 10.0. The quantitative estimate of drug-likeness (QED) is 0.804. The van der Waals surface area contributed by atoms with Gasteiger partial charge in [0, 0.05) is 10.1 Å². The van der Waals surface area contributed by atoms with Gasteiger partial charge in [-0.2, -0.15) is 0 Å². The van der Waals surface area contributed by atoms with Crippen LogP contribution in [0, 0.1) is 9.49 Å². The lowest BCUT2D eigenvalue weighted by Crippen LogP contribution is -2.29. The van der Waals surface area contributed by atoms with E-state index in [2.05, 4.69) is 41.8 Å². The highest BCUT2D eigenvalue weighted by molar-refractivity contribution is 14.1. The molecule has 0 atom stereocenters. The van der Waals surface area contributed by atoms with E-state index in [1.807, 2.05) is 0 Å². The summed E-state index contributed by atoms with van der Waals surface area (Å²) in [6.45, 7) is 4.89. The number of benzene rings is 1. The molecular weight excluding hydrogens is 329 g/mol. The summed E-state index contributed by atoms with van der Waals surface area (Å²) in [6, 6.07) is 5.01. The third kappa shape index (κ3) is 4.18. The van der Waals surface area contributed by atoms with Crippen molar-refractivity contribution < 1.29 is 9.90 Å². The highest BCUT2D eigenvalue weighted by Gasteiger charge is 2.12. The maximum absolute atomic E-state index is 11.9. The molecule has 0 fully saturated rings. The molecule has 0 aliphatic carbocycles. The van der Waals surface area contributed by atoms with Gasteiger partial charge in [-0.05, 0) is 46.7 Å². The molecule has 0 saturated heterocycles. The predicted octanol–water partition coefficient (Wildman–Crippen LogP) is 3.16. The fraction of sp³-hybridized carbons (Fsp3) is 0.462. The summed E-state index contributed by atoms with van der Waals surface area (Å²) in [6.07, 6.45) is 2.10. The second-order valence-corrected chi connectivity index (χ2v) is 5.30. The fourth-order valence-corrected chi connectivity index (χ4v) is 2.09. The Balaban J connectivity index is 2.66. The second-order valence-electron chi connectivity index (χ2n) is 4.05. The van der Waals surface area contributed by atoms with E-state index in [1.54, 1.807) is 18.2 Å². The molecule has 1 aromatic carbocycles. The molecular formula is C13H18INO2. The van der Waals surface area contributed by atoms with Gasteiger partial charge < -0.3 is 10.4 Å². The van der Waals surface area contributed by atoms with Crippen molar-refractivity contribution in [3.05, 3.63) is 27.3 Å². The third-order valence-electron chi connectivity index (χ3n) is 2.91. The lowest BCUT2D eigenvalue weighted by Gasteiger charge is -2.13. The summed E-state index contributed by atoms with van der Waals surface area (Å²) in [5.41, 5.74) is 0.350. The maximum Gasteiger partial charge on any atom is 0.255 e. The number of nitrogens with one attached hydrogen (secondary N) is 1. The summed E-state index contributed by atoms with van der Waals surface area (Å²) in [7, 11) is 0. The van der Waals surface area contributed by atoms with E-state index in [0.29, 0.717) is 18.0 Å². The molecule has 0 radical (unpaired) electrons. The number of hydrogen-bond donors (Lipinski definition) is 2. The molecule has 0 saturated carbocycles. The van der Waals surface area contributed by atoms with Gasteiger partial charge in [0.2, 0.25) is 0 Å². The summed E-state index contributed by atoms with van der Waals surface area (Å²) in [4.78, 5) is 11.9. The summed E-state index contributed by atoms with van der Waals surface area (Å²) >= 11 is 2.12. The summed E-state index contributed by atoms with van der Waals surface area (Å²) in [5.74, 6) is 0.337. The first-order valence-corrected chi connectivity index (χ1v) is 6.93. The standard InChI is InChI=1S/C13H18INO2/c1-3-9(4-2)8-15-13(17)11-7-10(14)5-6-12(11)16/h5-7,9,16H,3-4,8H2,1-2H3,(H,15,17). The van der Waals surface area contributed by atoms with E-state index in [-0.39, 0.29) is 11.7 Å². The number of phenolic OH excluding ortho intramolecular Hbond substituents is 1. The van der Waals surface area contributed by atoms with Crippen molar-refractivity contribution in [1.82, 2.24) is 5.32 Å². The molecule has 94 valence electrons. The molecule has 0 aliphatic heterocycles. The molecule has 17 heavy (non-hydrogen) atoms. The molecule has 1 aromatic rings. The van der Waals surface area contributed by atoms with Gasteiger partial charge in [0.15, 0.2) is 0 Å². The Labute approximate surface area is 116 Å². The van der Waals surface area contributed by atoms with Crippen LogP contribution in [0.5, 0.6) is 5.75 Å². The maximum atomic E-state index is 11.9. The van der Waals surface area contributed by atoms with Crippen molar-refractivity contribution in [1.29, 1.82) is 0 Å². The minimum Gasteiger partial charge on any atom is -0.507 e. The molecule has 3 nitrogen and oxygen atoms in total. The monoisotopic (exact) mass is 347 g/mol. The average Bonchev–Trinajstić information content (AvgIpc) is 2.33. The number of halogens is 1. The Morgan fingerprint density at radius 2 is 2.06 bits per heavy atom. The van der Waals surface area contributed by atoms with Crippen LogP contribution in [-0.2, 0) is 0 Å². The topological polar surface area (TPSA) is 49.3 Å². The van der Waals surface area contributed by atoms with Crippen LogP contribution in [0.1, 0.15) is 37.0 Å². The number of hydrogen-bond acceptors (Lipinski definition) is 2. The van der Waals surface area contributed by atoms with Crippen molar-refractivity contribution in [2.24, 2.45) is 5.92 Å². The van der Waals surface area contributed by atoms with Gasteiger partial charge in [-0.25, -0.2) is 0 Å². The smallest absolute Gasteiger partial charge is 0.255 e. The normalized spacial score (nSPS) is 10.6. The van der Waals surface area contributed by atoms with Crippen molar-refractivity contribution in [2.45, 2.75) is 26.7 Å². The van der Waals surface area contributed by atoms with Crippen LogP contribution in [0.25, 0.3) is 0 Å². The SMILES string of the molecule is CCC(CC)CNC(=O)c1cc(I)ccc1O. The van der Waals surface area contributed by atoms with Gasteiger partial charge in [0.05, 0.1) is 5.56 Å². The van der Waals surface area contributed by atoms with E-state index < -0.39 is 0 Å². The van der Waals surface area contributed by atoms with Gasteiger partial charge in [-0.1, -0.05) is 26.7 Å².